The molecule has 0 saturated heterocycles. The normalized spacial score (nSPS) is 21.3. The lowest BCUT2D eigenvalue weighted by Crippen LogP contribution is -2.62. The molecule has 9 aromatic carbocycles. The van der Waals surface area contributed by atoms with Crippen LogP contribution in [-0.2, 0) is 37.9 Å². The zero-order valence-corrected chi connectivity index (χ0v) is 58.5. The van der Waals surface area contributed by atoms with Crippen molar-refractivity contribution >= 4 is 117 Å². The monoisotopic (exact) mass is 1220 g/mol. The van der Waals surface area contributed by atoms with Crippen LogP contribution in [0.15, 0.2) is 176 Å². The van der Waals surface area contributed by atoms with Gasteiger partial charge in [0.2, 0.25) is 0 Å². The van der Waals surface area contributed by atoms with E-state index < -0.39 is 0 Å². The van der Waals surface area contributed by atoms with Crippen molar-refractivity contribution in [3.05, 3.63) is 215 Å². The number of benzene rings is 9. The summed E-state index contributed by atoms with van der Waals surface area (Å²) in [5.41, 5.74) is 27.6. The van der Waals surface area contributed by atoms with Crippen LogP contribution in [0.5, 0.6) is 0 Å². The summed E-state index contributed by atoms with van der Waals surface area (Å²) >= 11 is 1.92. The second-order valence-electron chi connectivity index (χ2n) is 33.8. The summed E-state index contributed by atoms with van der Waals surface area (Å²) in [6, 6.07) is 70.7. The Morgan fingerprint density at radius 2 is 0.924 bits per heavy atom. The number of rotatable bonds is 6. The summed E-state index contributed by atoms with van der Waals surface area (Å²) in [5.74, 6) is 0. The van der Waals surface area contributed by atoms with Crippen LogP contribution in [0.4, 0.5) is 62.6 Å². The molecular formula is C86H93BN4S. The van der Waals surface area contributed by atoms with Crippen molar-refractivity contribution in [3.63, 3.8) is 0 Å². The molecule has 6 aliphatic rings. The van der Waals surface area contributed by atoms with Crippen molar-refractivity contribution < 1.29 is 0 Å². The van der Waals surface area contributed by atoms with Gasteiger partial charge in [-0.15, -0.1) is 11.3 Å². The van der Waals surface area contributed by atoms with Crippen molar-refractivity contribution in [2.75, 3.05) is 19.6 Å². The number of para-hydroxylation sites is 1. The van der Waals surface area contributed by atoms with Gasteiger partial charge in [-0.3, -0.25) is 0 Å². The molecule has 6 heteroatoms. The lowest BCUT2D eigenvalue weighted by Gasteiger charge is -2.51. The van der Waals surface area contributed by atoms with Gasteiger partial charge in [0.25, 0.3) is 6.71 Å². The fourth-order valence-corrected chi connectivity index (χ4v) is 19.4. The molecule has 92 heavy (non-hydrogen) atoms. The molecule has 1 fully saturated rings. The van der Waals surface area contributed by atoms with Crippen molar-refractivity contribution in [2.24, 2.45) is 0 Å². The van der Waals surface area contributed by atoms with E-state index in [1.807, 2.05) is 11.3 Å². The van der Waals surface area contributed by atoms with Crippen LogP contribution in [0.3, 0.4) is 0 Å². The highest BCUT2D eigenvalue weighted by atomic mass is 32.1. The van der Waals surface area contributed by atoms with Crippen LogP contribution in [0, 0.1) is 0 Å². The maximum absolute atomic E-state index is 2.85. The zero-order chi connectivity index (χ0) is 64.2. The summed E-state index contributed by atoms with van der Waals surface area (Å²) < 4.78 is 2.61. The number of nitrogens with zero attached hydrogens (tertiary/aromatic N) is 4. The Kier molecular flexibility index (Phi) is 12.9. The third-order valence-electron chi connectivity index (χ3n) is 24.2. The Hall–Kier alpha value is -7.54. The van der Waals surface area contributed by atoms with E-state index in [0.717, 1.165) is 42.7 Å². The van der Waals surface area contributed by atoms with Crippen LogP contribution in [-0.4, -0.2) is 12.3 Å². The van der Waals surface area contributed by atoms with Crippen LogP contribution >= 0.6 is 11.3 Å². The largest absolute Gasteiger partial charge is 0.334 e. The van der Waals surface area contributed by atoms with Crippen LogP contribution in [0.1, 0.15) is 201 Å². The van der Waals surface area contributed by atoms with Gasteiger partial charge in [-0.1, -0.05) is 202 Å². The topological polar surface area (TPSA) is 13.0 Å². The summed E-state index contributed by atoms with van der Waals surface area (Å²) in [6.45, 7) is 39.1. The molecule has 3 aliphatic heterocycles. The Balaban J connectivity index is 1.05. The molecule has 0 spiro atoms. The number of hydrogen-bond acceptors (Lipinski definition) is 5. The van der Waals surface area contributed by atoms with Gasteiger partial charge in [0.05, 0.1) is 11.2 Å². The standard InChI is InChI=1S/C86H93BN4S/c1-79(2,3)54-30-34-56(35-31-54)88(57-36-32-55(33-37-57)80(4,5)6)59-39-41-67-71(49-59)90(70-27-23-29-76-77(70)61-24-17-20-28-75(61)92-76)74-51-60(91-69-26-19-18-25-63(69)85(15)42-21-22-43-86(85,91)16)50-73-78(74)87(67)68-52-65-66(84(13,14)47-46-83(65,11)12)53-72(68)89(73)58-38-40-62-64(48-58)82(9,10)45-44-81(62,7)8/h17-20,23-41,48-53H,21-22,42-47H2,1-16H3. The minimum atomic E-state index is -0.178. The van der Waals surface area contributed by atoms with Gasteiger partial charge in [0, 0.05) is 82.5 Å². The van der Waals surface area contributed by atoms with Crippen LogP contribution in [0.2, 0.25) is 0 Å². The van der Waals surface area contributed by atoms with E-state index in [1.165, 1.54) is 147 Å². The number of thiophene rings is 1. The molecule has 3 aliphatic carbocycles. The van der Waals surface area contributed by atoms with Gasteiger partial charge >= 0.3 is 0 Å². The van der Waals surface area contributed by atoms with Crippen LogP contribution < -0.4 is 36.0 Å². The highest BCUT2D eigenvalue weighted by Gasteiger charge is 2.58. The molecule has 0 N–H and O–H groups in total. The Labute approximate surface area is 553 Å². The minimum absolute atomic E-state index is 0.00958. The van der Waals surface area contributed by atoms with E-state index in [4.69, 9.17) is 0 Å². The second kappa shape index (κ2) is 20.0. The van der Waals surface area contributed by atoms with Gasteiger partial charge < -0.3 is 19.6 Å². The molecule has 1 aromatic heterocycles. The SMILES string of the molecule is CC(C)(C)c1ccc(N(c2ccc(C(C)(C)C)cc2)c2ccc3c(c2)N(c2cccc4sc5ccccc5c24)c2cc(N4c5ccccc5C5(C)CCCCC45C)cc4c2B3c2cc3c(cc2N4c2ccc4c(c2)C(C)(C)CCC4(C)C)C(C)(C)CCC3(C)C)cc1. The van der Waals surface area contributed by atoms with E-state index >= 15 is 0 Å². The smallest absolute Gasteiger partial charge is 0.252 e. The summed E-state index contributed by atoms with van der Waals surface area (Å²) in [4.78, 5) is 10.9. The molecule has 2 unspecified atom stereocenters. The molecule has 16 rings (SSSR count). The van der Waals surface area contributed by atoms with Crippen molar-refractivity contribution in [1.82, 2.24) is 0 Å². The molecular weight excluding hydrogens is 1130 g/mol. The first kappa shape index (κ1) is 59.5. The van der Waals surface area contributed by atoms with Gasteiger partial charge in [-0.2, -0.15) is 0 Å². The highest BCUT2D eigenvalue weighted by molar-refractivity contribution is 7.26. The van der Waals surface area contributed by atoms with Crippen molar-refractivity contribution in [2.45, 2.75) is 206 Å². The predicted molar refractivity (Wildman–Crippen MR) is 399 cm³/mol. The summed E-state index contributed by atoms with van der Waals surface area (Å²) in [5, 5.41) is 2.60. The Bertz CT molecular complexity index is 4620. The molecule has 2 atom stereocenters. The molecule has 466 valence electrons. The highest BCUT2D eigenvalue weighted by Crippen LogP contribution is 2.63. The molecule has 0 radical (unpaired) electrons. The van der Waals surface area contributed by atoms with Crippen molar-refractivity contribution in [3.8, 4) is 0 Å². The lowest BCUT2D eigenvalue weighted by atomic mass is 9.33. The van der Waals surface area contributed by atoms with E-state index in [0.29, 0.717) is 0 Å². The van der Waals surface area contributed by atoms with E-state index in [-0.39, 0.29) is 50.2 Å². The average molecular weight is 1230 g/mol. The molecule has 10 aromatic rings. The maximum Gasteiger partial charge on any atom is 0.252 e. The Morgan fingerprint density at radius 3 is 1.58 bits per heavy atom. The lowest BCUT2D eigenvalue weighted by molar-refractivity contribution is 0.195. The van der Waals surface area contributed by atoms with E-state index in [9.17, 15) is 0 Å². The maximum atomic E-state index is 2.85. The predicted octanol–water partition coefficient (Wildman–Crippen LogP) is 22.6. The van der Waals surface area contributed by atoms with Crippen LogP contribution in [0.25, 0.3) is 20.2 Å². The fourth-order valence-electron chi connectivity index (χ4n) is 18.3. The third-order valence-corrected chi connectivity index (χ3v) is 25.4. The molecule has 4 heterocycles. The van der Waals surface area contributed by atoms with Gasteiger partial charge in [0.1, 0.15) is 0 Å². The quantitative estimate of drug-likeness (QED) is 0.154. The minimum Gasteiger partial charge on any atom is -0.334 e. The van der Waals surface area contributed by atoms with E-state index in [2.05, 4.69) is 306 Å². The van der Waals surface area contributed by atoms with E-state index in [1.54, 1.807) is 0 Å². The average Bonchev–Trinajstić information content (AvgIpc) is 1.07. The molecule has 0 amide bonds. The molecule has 1 saturated carbocycles. The first-order valence-corrected chi connectivity index (χ1v) is 35.5. The van der Waals surface area contributed by atoms with Crippen molar-refractivity contribution in [1.29, 1.82) is 0 Å². The van der Waals surface area contributed by atoms with Gasteiger partial charge in [-0.05, 0) is 224 Å². The van der Waals surface area contributed by atoms with Gasteiger partial charge in [-0.25, -0.2) is 0 Å². The first-order chi connectivity index (χ1) is 43.6. The third kappa shape index (κ3) is 8.72. The first-order valence-electron chi connectivity index (χ1n) is 34.7. The second-order valence-corrected chi connectivity index (χ2v) is 34.9. The molecule has 0 bridgehead atoms. The summed E-state index contributed by atoms with van der Waals surface area (Å²) in [6.07, 6.45) is 9.35. The fraction of sp³-hybridized carbons (Fsp3) is 0.372. The number of fused-ring (bicyclic) bond motifs is 12. The number of hydrogen-bond donors (Lipinski definition) is 0. The molecule has 4 nitrogen and oxygen atoms in total. The Morgan fingerprint density at radius 1 is 0.391 bits per heavy atom. The van der Waals surface area contributed by atoms with Gasteiger partial charge in [0.15, 0.2) is 0 Å². The zero-order valence-electron chi connectivity index (χ0n) is 57.7. The number of anilines is 11. The summed E-state index contributed by atoms with van der Waals surface area (Å²) in [7, 11) is 0.